The Morgan fingerprint density at radius 1 is 1.09 bits per heavy atom. The van der Waals surface area contributed by atoms with Gasteiger partial charge in [-0.2, -0.15) is 4.31 Å². The Morgan fingerprint density at radius 2 is 1.68 bits per heavy atom. The van der Waals surface area contributed by atoms with Crippen LogP contribution in [0.5, 0.6) is 0 Å². The van der Waals surface area contributed by atoms with Crippen LogP contribution in [0, 0.1) is 0 Å². The third-order valence-corrected chi connectivity index (χ3v) is 6.20. The van der Waals surface area contributed by atoms with Crippen molar-refractivity contribution in [1.29, 1.82) is 0 Å². The molecular formula is C14H20N2O4S2. The van der Waals surface area contributed by atoms with E-state index in [9.17, 15) is 16.8 Å². The molecule has 2 rings (SSSR count). The topological polar surface area (TPSA) is 74.8 Å². The average molecular weight is 344 g/mol. The molecule has 122 valence electrons. The Morgan fingerprint density at radius 3 is 2.18 bits per heavy atom. The first kappa shape index (κ1) is 17.0. The third kappa shape index (κ3) is 3.68. The van der Waals surface area contributed by atoms with Crippen LogP contribution >= 0.6 is 0 Å². The minimum absolute atomic E-state index is 0.264. The van der Waals surface area contributed by atoms with Gasteiger partial charge in [0, 0.05) is 19.8 Å². The van der Waals surface area contributed by atoms with Crippen LogP contribution in [0.4, 0.5) is 0 Å². The molecule has 0 aliphatic carbocycles. The van der Waals surface area contributed by atoms with Crippen LogP contribution in [0.1, 0.15) is 12.0 Å². The summed E-state index contributed by atoms with van der Waals surface area (Å²) in [5, 5.41) is 0. The van der Waals surface area contributed by atoms with Crippen LogP contribution in [0.15, 0.2) is 36.5 Å². The standard InChI is InChI=1S/C14H20N2O4S2/c1-15(21(2,17)18)14-9-10-16(22(3,19)20)11-13(14)12-7-5-4-6-8-12/h4-8,11,14H,9-10H2,1-3H3. The van der Waals surface area contributed by atoms with Gasteiger partial charge in [-0.1, -0.05) is 30.3 Å². The summed E-state index contributed by atoms with van der Waals surface area (Å²) < 4.78 is 49.8. The lowest BCUT2D eigenvalue weighted by Gasteiger charge is -2.35. The quantitative estimate of drug-likeness (QED) is 0.815. The lowest BCUT2D eigenvalue weighted by molar-refractivity contribution is 0.369. The van der Waals surface area contributed by atoms with Gasteiger partial charge in [-0.3, -0.25) is 4.31 Å². The minimum atomic E-state index is -3.37. The van der Waals surface area contributed by atoms with E-state index in [0.29, 0.717) is 12.0 Å². The van der Waals surface area contributed by atoms with E-state index in [0.717, 1.165) is 18.1 Å². The molecule has 1 heterocycles. The smallest absolute Gasteiger partial charge is 0.231 e. The Bertz CT molecular complexity index is 770. The number of benzene rings is 1. The van der Waals surface area contributed by atoms with E-state index in [1.54, 1.807) is 6.20 Å². The highest BCUT2D eigenvalue weighted by Crippen LogP contribution is 2.30. The third-order valence-electron chi connectivity index (χ3n) is 3.76. The summed E-state index contributed by atoms with van der Waals surface area (Å²) in [5.74, 6) is 0. The summed E-state index contributed by atoms with van der Waals surface area (Å²) >= 11 is 0. The van der Waals surface area contributed by atoms with Gasteiger partial charge in [0.2, 0.25) is 20.0 Å². The van der Waals surface area contributed by atoms with Crippen molar-refractivity contribution in [2.24, 2.45) is 0 Å². The first-order valence-corrected chi connectivity index (χ1v) is 10.5. The maximum absolute atomic E-state index is 11.9. The predicted molar refractivity (Wildman–Crippen MR) is 87.0 cm³/mol. The summed E-state index contributed by atoms with van der Waals surface area (Å²) in [4.78, 5) is 0. The Kier molecular flexibility index (Phi) is 4.65. The molecule has 0 bridgehead atoms. The van der Waals surface area contributed by atoms with Gasteiger partial charge in [-0.05, 0) is 17.6 Å². The number of nitrogens with zero attached hydrogens (tertiary/aromatic N) is 2. The largest absolute Gasteiger partial charge is 0.277 e. The molecule has 1 aliphatic heterocycles. The van der Waals surface area contributed by atoms with Crippen molar-refractivity contribution < 1.29 is 16.8 Å². The SMILES string of the molecule is CN(C1CCN(S(C)(=O)=O)C=C1c1ccccc1)S(C)(=O)=O. The highest BCUT2D eigenvalue weighted by Gasteiger charge is 2.32. The van der Waals surface area contributed by atoms with Crippen LogP contribution in [0.3, 0.4) is 0 Å². The monoisotopic (exact) mass is 344 g/mol. The Hall–Kier alpha value is -1.38. The summed E-state index contributed by atoms with van der Waals surface area (Å²) in [6.07, 6.45) is 4.25. The van der Waals surface area contributed by atoms with Gasteiger partial charge in [0.1, 0.15) is 0 Å². The number of hydrogen-bond acceptors (Lipinski definition) is 4. The predicted octanol–water partition coefficient (Wildman–Crippen LogP) is 0.953. The first-order valence-electron chi connectivity index (χ1n) is 6.77. The van der Waals surface area contributed by atoms with Crippen molar-refractivity contribution in [1.82, 2.24) is 8.61 Å². The number of likely N-dealkylation sites (N-methyl/N-ethyl adjacent to an activating group) is 1. The van der Waals surface area contributed by atoms with Crippen molar-refractivity contribution in [2.45, 2.75) is 12.5 Å². The summed E-state index contributed by atoms with van der Waals surface area (Å²) in [6.45, 7) is 0.264. The highest BCUT2D eigenvalue weighted by molar-refractivity contribution is 7.88. The van der Waals surface area contributed by atoms with Crippen molar-refractivity contribution in [3.05, 3.63) is 42.1 Å². The van der Waals surface area contributed by atoms with Crippen LogP contribution in [0.2, 0.25) is 0 Å². The zero-order chi connectivity index (χ0) is 16.5. The average Bonchev–Trinajstić information content (AvgIpc) is 2.45. The maximum Gasteiger partial charge on any atom is 0.231 e. The zero-order valence-electron chi connectivity index (χ0n) is 12.8. The second-order valence-electron chi connectivity index (χ2n) is 5.41. The fourth-order valence-corrected chi connectivity index (χ4v) is 3.90. The number of hydrogen-bond donors (Lipinski definition) is 0. The molecule has 1 unspecified atom stereocenters. The van der Waals surface area contributed by atoms with Crippen molar-refractivity contribution in [3.8, 4) is 0 Å². The van der Waals surface area contributed by atoms with Gasteiger partial charge in [0.25, 0.3) is 0 Å². The van der Waals surface area contributed by atoms with E-state index >= 15 is 0 Å². The van der Waals surface area contributed by atoms with E-state index < -0.39 is 20.0 Å². The van der Waals surface area contributed by atoms with Crippen LogP contribution in [-0.4, -0.2) is 57.6 Å². The van der Waals surface area contributed by atoms with Crippen molar-refractivity contribution >= 4 is 25.6 Å². The molecule has 1 aliphatic rings. The van der Waals surface area contributed by atoms with Crippen molar-refractivity contribution in [2.75, 3.05) is 26.1 Å². The normalized spacial score (nSPS) is 20.1. The van der Waals surface area contributed by atoms with Crippen LogP contribution < -0.4 is 0 Å². The Balaban J connectivity index is 2.52. The van der Waals surface area contributed by atoms with Crippen molar-refractivity contribution in [3.63, 3.8) is 0 Å². The molecule has 1 aromatic carbocycles. The molecule has 0 spiro atoms. The number of sulfonamides is 2. The van der Waals surface area contributed by atoms with Crippen LogP contribution in [0.25, 0.3) is 5.57 Å². The van der Waals surface area contributed by atoms with E-state index in [2.05, 4.69) is 0 Å². The molecule has 22 heavy (non-hydrogen) atoms. The number of rotatable bonds is 4. The molecule has 8 heteroatoms. The maximum atomic E-state index is 11.9. The van der Waals surface area contributed by atoms with Crippen LogP contribution in [-0.2, 0) is 20.0 Å². The first-order chi connectivity index (χ1) is 10.1. The van der Waals surface area contributed by atoms with Gasteiger partial charge < -0.3 is 0 Å². The van der Waals surface area contributed by atoms with Gasteiger partial charge in [-0.25, -0.2) is 16.8 Å². The second kappa shape index (κ2) is 6.02. The molecule has 0 aromatic heterocycles. The van der Waals surface area contributed by atoms with E-state index in [-0.39, 0.29) is 12.6 Å². The second-order valence-corrected chi connectivity index (χ2v) is 9.38. The fourth-order valence-electron chi connectivity index (χ4n) is 2.48. The summed E-state index contributed by atoms with van der Waals surface area (Å²) in [7, 11) is -5.21. The van der Waals surface area contributed by atoms with E-state index in [1.165, 1.54) is 15.7 Å². The molecule has 0 amide bonds. The molecule has 6 nitrogen and oxygen atoms in total. The molecule has 0 saturated heterocycles. The van der Waals surface area contributed by atoms with Gasteiger partial charge in [0.05, 0.1) is 18.6 Å². The lowest BCUT2D eigenvalue weighted by atomic mass is 9.95. The molecule has 0 fully saturated rings. The van der Waals surface area contributed by atoms with Gasteiger partial charge >= 0.3 is 0 Å². The Labute approximate surface area is 132 Å². The minimum Gasteiger partial charge on any atom is -0.277 e. The molecule has 0 N–H and O–H groups in total. The molecule has 0 saturated carbocycles. The fraction of sp³-hybridized carbons (Fsp3) is 0.429. The molecule has 1 aromatic rings. The highest BCUT2D eigenvalue weighted by atomic mass is 32.2. The van der Waals surface area contributed by atoms with E-state index in [4.69, 9.17) is 0 Å². The molecule has 1 atom stereocenters. The van der Waals surface area contributed by atoms with E-state index in [1.807, 2.05) is 30.3 Å². The van der Waals surface area contributed by atoms with Gasteiger partial charge in [0.15, 0.2) is 0 Å². The zero-order valence-corrected chi connectivity index (χ0v) is 14.4. The summed E-state index contributed by atoms with van der Waals surface area (Å²) in [5.41, 5.74) is 1.50. The molecular weight excluding hydrogens is 324 g/mol. The summed E-state index contributed by atoms with van der Waals surface area (Å²) in [6, 6.07) is 8.85. The molecule has 0 radical (unpaired) electrons. The lowest BCUT2D eigenvalue weighted by Crippen LogP contribution is -2.43. The van der Waals surface area contributed by atoms with Gasteiger partial charge in [-0.15, -0.1) is 0 Å².